The summed E-state index contributed by atoms with van der Waals surface area (Å²) in [7, 11) is 1.60. The van der Waals surface area contributed by atoms with Crippen LogP contribution < -0.4 is 10.5 Å². The number of halogens is 2. The van der Waals surface area contributed by atoms with Gasteiger partial charge in [-0.25, -0.2) is 0 Å². The molecule has 0 saturated carbocycles. The molecule has 0 radical (unpaired) electrons. The van der Waals surface area contributed by atoms with E-state index >= 15 is 0 Å². The third-order valence-corrected chi connectivity index (χ3v) is 2.60. The van der Waals surface area contributed by atoms with Crippen LogP contribution in [0.2, 0.25) is 0 Å². The lowest BCUT2D eigenvalue weighted by Gasteiger charge is -2.20. The Bertz CT molecular complexity index is 483. The third kappa shape index (κ3) is 4.86. The molecule has 0 aliphatic rings. The molecule has 1 unspecified atom stereocenters. The zero-order valence-corrected chi connectivity index (χ0v) is 11.1. The number of benzene rings is 1. The molecular weight excluding hydrogens is 266 g/mol. The van der Waals surface area contributed by atoms with Crippen LogP contribution in [0.1, 0.15) is 12.0 Å². The Balaban J connectivity index is 2.60. The summed E-state index contributed by atoms with van der Waals surface area (Å²) in [5.74, 6) is 2.14. The number of hydrogen-bond donors (Lipinski definition) is 1. The number of terminal acetylenes is 1. The van der Waals surface area contributed by atoms with Gasteiger partial charge in [-0.15, -0.1) is 12.3 Å². The average molecular weight is 282 g/mol. The van der Waals surface area contributed by atoms with Gasteiger partial charge in [0.1, 0.15) is 5.75 Å². The normalized spacial score (nSPS) is 11.8. The van der Waals surface area contributed by atoms with E-state index in [1.807, 2.05) is 0 Å². The molecular formula is C14H16F2N2O2. The first-order valence-corrected chi connectivity index (χ1v) is 5.91. The van der Waals surface area contributed by atoms with E-state index in [9.17, 15) is 13.6 Å². The van der Waals surface area contributed by atoms with Gasteiger partial charge < -0.3 is 15.4 Å². The lowest BCUT2D eigenvalue weighted by atomic mass is 10.1. The van der Waals surface area contributed by atoms with Gasteiger partial charge in [0.2, 0.25) is 5.91 Å². The summed E-state index contributed by atoms with van der Waals surface area (Å²) in [5, 5.41) is 0. The van der Waals surface area contributed by atoms with Crippen LogP contribution in [0.4, 0.5) is 8.78 Å². The van der Waals surface area contributed by atoms with Crippen molar-refractivity contribution in [1.82, 2.24) is 4.90 Å². The second-order valence-electron chi connectivity index (χ2n) is 4.23. The number of nitrogens with two attached hydrogens (primary N) is 1. The lowest BCUT2D eigenvalue weighted by Crippen LogP contribution is -2.41. The van der Waals surface area contributed by atoms with Gasteiger partial charge in [0, 0.05) is 20.0 Å². The van der Waals surface area contributed by atoms with Crippen LogP contribution in [-0.4, -0.2) is 30.5 Å². The van der Waals surface area contributed by atoms with Crippen LogP contribution in [0.3, 0.4) is 0 Å². The third-order valence-electron chi connectivity index (χ3n) is 2.60. The SMILES string of the molecule is C#CCC(N)C(=O)N(C)Cc1ccc(OC(F)F)cc1. The molecule has 1 atom stereocenters. The van der Waals surface area contributed by atoms with Crippen molar-refractivity contribution in [3.05, 3.63) is 29.8 Å². The van der Waals surface area contributed by atoms with Crippen LogP contribution in [-0.2, 0) is 11.3 Å². The quantitative estimate of drug-likeness (QED) is 0.806. The number of nitrogens with zero attached hydrogens (tertiary/aromatic N) is 1. The van der Waals surface area contributed by atoms with Crippen LogP contribution in [0.25, 0.3) is 0 Å². The molecule has 0 spiro atoms. The predicted octanol–water partition coefficient (Wildman–Crippen LogP) is 1.60. The molecule has 1 aromatic rings. The highest BCUT2D eigenvalue weighted by molar-refractivity contribution is 5.81. The first-order valence-electron chi connectivity index (χ1n) is 5.91. The predicted molar refractivity (Wildman–Crippen MR) is 71.0 cm³/mol. The van der Waals surface area contributed by atoms with Crippen LogP contribution in [0.5, 0.6) is 5.75 Å². The zero-order valence-electron chi connectivity index (χ0n) is 11.1. The summed E-state index contributed by atoms with van der Waals surface area (Å²) in [6.07, 6.45) is 5.27. The molecule has 2 N–H and O–H groups in total. The number of rotatable bonds is 6. The van der Waals surface area contributed by atoms with Crippen molar-refractivity contribution in [3.8, 4) is 18.1 Å². The highest BCUT2D eigenvalue weighted by Gasteiger charge is 2.17. The van der Waals surface area contributed by atoms with Gasteiger partial charge in [0.15, 0.2) is 0 Å². The van der Waals surface area contributed by atoms with E-state index in [-0.39, 0.29) is 18.1 Å². The Hall–Kier alpha value is -2.13. The van der Waals surface area contributed by atoms with Gasteiger partial charge in [-0.2, -0.15) is 8.78 Å². The minimum absolute atomic E-state index is 0.0711. The molecule has 1 rings (SSSR count). The number of alkyl halides is 2. The number of ether oxygens (including phenoxy) is 1. The monoisotopic (exact) mass is 282 g/mol. The summed E-state index contributed by atoms with van der Waals surface area (Å²) in [6, 6.07) is 5.32. The van der Waals surface area contributed by atoms with Crippen LogP contribution in [0, 0.1) is 12.3 Å². The fraction of sp³-hybridized carbons (Fsp3) is 0.357. The molecule has 0 heterocycles. The molecule has 0 aliphatic carbocycles. The molecule has 0 saturated heterocycles. The van der Waals surface area contributed by atoms with Gasteiger partial charge in [-0.05, 0) is 17.7 Å². The molecule has 0 bridgehead atoms. The Kier molecular flexibility index (Phi) is 5.94. The Labute approximate surface area is 116 Å². The molecule has 4 nitrogen and oxygen atoms in total. The van der Waals surface area contributed by atoms with Crippen LogP contribution in [0.15, 0.2) is 24.3 Å². The van der Waals surface area contributed by atoms with Gasteiger partial charge >= 0.3 is 6.61 Å². The Morgan fingerprint density at radius 1 is 1.45 bits per heavy atom. The standard InChI is InChI=1S/C14H16F2N2O2/c1-3-4-12(17)13(19)18(2)9-10-5-7-11(8-6-10)20-14(15)16/h1,5-8,12,14H,4,9,17H2,2H3. The smallest absolute Gasteiger partial charge is 0.387 e. The number of carbonyl (C=O) groups excluding carboxylic acids is 1. The topological polar surface area (TPSA) is 55.6 Å². The van der Waals surface area contributed by atoms with E-state index in [1.165, 1.54) is 17.0 Å². The van der Waals surface area contributed by atoms with E-state index in [0.29, 0.717) is 6.54 Å². The van der Waals surface area contributed by atoms with Gasteiger partial charge in [0.25, 0.3) is 0 Å². The molecule has 1 aromatic carbocycles. The molecule has 0 fully saturated rings. The lowest BCUT2D eigenvalue weighted by molar-refractivity contribution is -0.131. The molecule has 108 valence electrons. The molecule has 20 heavy (non-hydrogen) atoms. The summed E-state index contributed by atoms with van der Waals surface area (Å²) < 4.78 is 28.2. The van der Waals surface area contributed by atoms with Gasteiger partial charge in [-0.1, -0.05) is 12.1 Å². The van der Waals surface area contributed by atoms with Crippen molar-refractivity contribution in [2.45, 2.75) is 25.6 Å². The molecule has 0 aromatic heterocycles. The number of carbonyl (C=O) groups is 1. The van der Waals surface area contributed by atoms with E-state index in [4.69, 9.17) is 12.2 Å². The summed E-state index contributed by atoms with van der Waals surface area (Å²) >= 11 is 0. The molecule has 6 heteroatoms. The molecule has 0 aliphatic heterocycles. The van der Waals surface area contributed by atoms with Crippen molar-refractivity contribution < 1.29 is 18.3 Å². The Morgan fingerprint density at radius 3 is 2.55 bits per heavy atom. The highest BCUT2D eigenvalue weighted by Crippen LogP contribution is 2.15. The van der Waals surface area contributed by atoms with Crippen molar-refractivity contribution in [2.24, 2.45) is 5.73 Å². The highest BCUT2D eigenvalue weighted by atomic mass is 19.3. The average Bonchev–Trinajstić information content (AvgIpc) is 2.39. The van der Waals surface area contributed by atoms with Crippen LogP contribution >= 0.6 is 0 Å². The maximum atomic E-state index is 12.0. The minimum atomic E-state index is -2.85. The van der Waals surface area contributed by atoms with Crippen molar-refractivity contribution in [1.29, 1.82) is 0 Å². The van der Waals surface area contributed by atoms with Gasteiger partial charge in [0.05, 0.1) is 6.04 Å². The maximum absolute atomic E-state index is 12.0. The summed E-state index contributed by atoms with van der Waals surface area (Å²) in [6.45, 7) is -2.54. The second-order valence-corrected chi connectivity index (χ2v) is 4.23. The van der Waals surface area contributed by atoms with E-state index in [0.717, 1.165) is 5.56 Å². The fourth-order valence-electron chi connectivity index (χ4n) is 1.63. The van der Waals surface area contributed by atoms with Crippen molar-refractivity contribution in [3.63, 3.8) is 0 Å². The first kappa shape index (κ1) is 15.9. The number of hydrogen-bond acceptors (Lipinski definition) is 3. The number of amides is 1. The maximum Gasteiger partial charge on any atom is 0.387 e. The van der Waals surface area contributed by atoms with E-state index < -0.39 is 12.7 Å². The largest absolute Gasteiger partial charge is 0.435 e. The van der Waals surface area contributed by atoms with E-state index in [1.54, 1.807) is 19.2 Å². The second kappa shape index (κ2) is 7.46. The molecule has 1 amide bonds. The Morgan fingerprint density at radius 2 is 2.05 bits per heavy atom. The summed E-state index contributed by atoms with van der Waals surface area (Å²) in [4.78, 5) is 13.3. The first-order chi connectivity index (χ1) is 9.43. The minimum Gasteiger partial charge on any atom is -0.435 e. The van der Waals surface area contributed by atoms with E-state index in [2.05, 4.69) is 10.7 Å². The fourth-order valence-corrected chi connectivity index (χ4v) is 1.63. The summed E-state index contributed by atoms with van der Waals surface area (Å²) in [5.41, 5.74) is 6.40. The van der Waals surface area contributed by atoms with Gasteiger partial charge in [-0.3, -0.25) is 4.79 Å². The zero-order chi connectivity index (χ0) is 15.1. The van der Waals surface area contributed by atoms with Crippen molar-refractivity contribution >= 4 is 5.91 Å². The number of likely N-dealkylation sites (N-methyl/N-ethyl adjacent to an activating group) is 1. The van der Waals surface area contributed by atoms with Crippen molar-refractivity contribution in [2.75, 3.05) is 7.05 Å².